The van der Waals surface area contributed by atoms with Gasteiger partial charge in [-0.2, -0.15) is 0 Å². The Morgan fingerprint density at radius 1 is 1.11 bits per heavy atom. The highest BCUT2D eigenvalue weighted by atomic mass is 16.4. The number of piperidine rings is 1. The minimum atomic E-state index is 0.143. The molecule has 3 aromatic rings. The zero-order valence-electron chi connectivity index (χ0n) is 16.6. The summed E-state index contributed by atoms with van der Waals surface area (Å²) in [6, 6.07) is 4.48. The molecule has 0 saturated carbocycles. The van der Waals surface area contributed by atoms with Crippen molar-refractivity contribution in [3.8, 4) is 11.5 Å². The van der Waals surface area contributed by atoms with Gasteiger partial charge >= 0.3 is 0 Å². The average Bonchev–Trinajstić information content (AvgIpc) is 3.14. The number of pyridine rings is 2. The van der Waals surface area contributed by atoms with Crippen molar-refractivity contribution in [2.45, 2.75) is 32.2 Å². The monoisotopic (exact) mass is 379 g/mol. The third kappa shape index (κ3) is 3.89. The highest BCUT2D eigenvalue weighted by Crippen LogP contribution is 2.23. The molecule has 1 aliphatic rings. The van der Waals surface area contributed by atoms with Crippen LogP contribution < -0.4 is 0 Å². The van der Waals surface area contributed by atoms with Gasteiger partial charge in [0.05, 0.1) is 18.3 Å². The number of carbonyl (C=O) groups excluding carboxylic acids is 1. The zero-order valence-corrected chi connectivity index (χ0v) is 16.6. The molecule has 4 rings (SSSR count). The highest BCUT2D eigenvalue weighted by Gasteiger charge is 2.24. The van der Waals surface area contributed by atoms with Crippen molar-refractivity contribution in [3.05, 3.63) is 42.3 Å². The highest BCUT2D eigenvalue weighted by molar-refractivity contribution is 5.85. The predicted octanol–water partition coefficient (Wildman–Crippen LogP) is 2.69. The lowest BCUT2D eigenvalue weighted by molar-refractivity contribution is -0.132. The van der Waals surface area contributed by atoms with Gasteiger partial charge in [-0.1, -0.05) is 0 Å². The number of fused-ring (bicyclic) bond motifs is 1. The van der Waals surface area contributed by atoms with Crippen LogP contribution >= 0.6 is 0 Å². The molecule has 1 amide bonds. The average molecular weight is 379 g/mol. The topological polar surface area (TPSA) is 75.4 Å². The summed E-state index contributed by atoms with van der Waals surface area (Å²) < 4.78 is 5.56. The number of carbonyl (C=O) groups is 1. The fourth-order valence-electron chi connectivity index (χ4n) is 3.69. The van der Waals surface area contributed by atoms with Crippen LogP contribution in [0.5, 0.6) is 0 Å². The normalized spacial score (nSPS) is 15.5. The molecule has 1 saturated heterocycles. The van der Waals surface area contributed by atoms with Gasteiger partial charge in [0.2, 0.25) is 5.91 Å². The Bertz CT molecular complexity index is 989. The Balaban J connectivity index is 1.49. The van der Waals surface area contributed by atoms with Gasteiger partial charge in [0.1, 0.15) is 5.69 Å². The molecule has 0 unspecified atom stereocenters. The lowest BCUT2D eigenvalue weighted by Gasteiger charge is -2.35. The number of aromatic nitrogens is 3. The van der Waals surface area contributed by atoms with Crippen LogP contribution in [0.15, 0.2) is 35.1 Å². The maximum Gasteiger partial charge on any atom is 0.228 e. The molecule has 146 valence electrons. The van der Waals surface area contributed by atoms with Crippen molar-refractivity contribution in [2.24, 2.45) is 0 Å². The minimum Gasteiger partial charge on any atom is -0.439 e. The van der Waals surface area contributed by atoms with E-state index >= 15 is 0 Å². The molecule has 7 nitrogen and oxygen atoms in total. The summed E-state index contributed by atoms with van der Waals surface area (Å²) in [4.78, 5) is 29.9. The quantitative estimate of drug-likeness (QED) is 0.694. The number of hydrogen-bond acceptors (Lipinski definition) is 6. The number of oxazole rings is 1. The molecule has 4 heterocycles. The van der Waals surface area contributed by atoms with E-state index in [1.165, 1.54) is 0 Å². The van der Waals surface area contributed by atoms with Crippen molar-refractivity contribution in [2.75, 3.05) is 27.2 Å². The Labute approximate surface area is 164 Å². The lowest BCUT2D eigenvalue weighted by Crippen LogP contribution is -2.45. The Kier molecular flexibility index (Phi) is 5.09. The molecule has 1 aliphatic heterocycles. The van der Waals surface area contributed by atoms with E-state index in [9.17, 15) is 4.79 Å². The van der Waals surface area contributed by atoms with Crippen molar-refractivity contribution >= 4 is 16.7 Å². The molecule has 0 radical (unpaired) electrons. The molecular weight excluding hydrogens is 354 g/mol. The second-order valence-corrected chi connectivity index (χ2v) is 7.59. The van der Waals surface area contributed by atoms with Gasteiger partial charge in [-0.3, -0.25) is 14.8 Å². The molecule has 0 aliphatic carbocycles. The number of likely N-dealkylation sites (tertiary alicyclic amines) is 1. The fraction of sp³-hybridized carbons (Fsp3) is 0.429. The van der Waals surface area contributed by atoms with E-state index < -0.39 is 0 Å². The van der Waals surface area contributed by atoms with Crippen LogP contribution in [0.4, 0.5) is 0 Å². The Hall–Kier alpha value is -2.80. The largest absolute Gasteiger partial charge is 0.439 e. The third-order valence-electron chi connectivity index (χ3n) is 5.41. The van der Waals surface area contributed by atoms with E-state index in [0.717, 1.165) is 48.1 Å². The standard InChI is InChI=1S/C21H25N5O2/c1-14-22-13-20(28-14)19-9-15-8-17(23-11-16(15)12-24-19)10-21(27)26-6-4-18(5-7-26)25(2)3/h8-9,11-13,18H,4-7,10H2,1-3H3. The summed E-state index contributed by atoms with van der Waals surface area (Å²) >= 11 is 0. The maximum absolute atomic E-state index is 12.7. The second kappa shape index (κ2) is 7.67. The summed E-state index contributed by atoms with van der Waals surface area (Å²) in [5, 5.41) is 1.92. The minimum absolute atomic E-state index is 0.143. The number of hydrogen-bond donors (Lipinski definition) is 0. The van der Waals surface area contributed by atoms with Gasteiger partial charge in [-0.15, -0.1) is 0 Å². The number of amides is 1. The van der Waals surface area contributed by atoms with Gasteiger partial charge in [-0.05, 0) is 44.5 Å². The van der Waals surface area contributed by atoms with Gasteiger partial charge in [0.15, 0.2) is 11.7 Å². The first-order chi connectivity index (χ1) is 13.5. The first-order valence-electron chi connectivity index (χ1n) is 9.61. The van der Waals surface area contributed by atoms with Crippen LogP contribution in [0.3, 0.4) is 0 Å². The number of rotatable bonds is 4. The first kappa shape index (κ1) is 18.6. The summed E-state index contributed by atoms with van der Waals surface area (Å²) in [5.41, 5.74) is 1.50. The van der Waals surface area contributed by atoms with Crippen molar-refractivity contribution in [3.63, 3.8) is 0 Å². The Morgan fingerprint density at radius 3 is 2.54 bits per heavy atom. The lowest BCUT2D eigenvalue weighted by atomic mass is 10.0. The molecule has 28 heavy (non-hydrogen) atoms. The van der Waals surface area contributed by atoms with Gasteiger partial charge in [0.25, 0.3) is 0 Å². The van der Waals surface area contributed by atoms with Crippen LogP contribution in [0.2, 0.25) is 0 Å². The molecule has 1 fully saturated rings. The first-order valence-corrected chi connectivity index (χ1v) is 9.61. The van der Waals surface area contributed by atoms with E-state index in [0.29, 0.717) is 24.1 Å². The van der Waals surface area contributed by atoms with Gasteiger partial charge in [-0.25, -0.2) is 4.98 Å². The van der Waals surface area contributed by atoms with E-state index in [2.05, 4.69) is 33.9 Å². The van der Waals surface area contributed by atoms with E-state index in [1.54, 1.807) is 25.5 Å². The van der Waals surface area contributed by atoms with E-state index in [4.69, 9.17) is 4.42 Å². The number of nitrogens with zero attached hydrogens (tertiary/aromatic N) is 5. The molecule has 0 bridgehead atoms. The summed E-state index contributed by atoms with van der Waals surface area (Å²) in [7, 11) is 4.20. The maximum atomic E-state index is 12.7. The van der Waals surface area contributed by atoms with Gasteiger partial charge < -0.3 is 14.2 Å². The van der Waals surface area contributed by atoms with Crippen LogP contribution in [-0.2, 0) is 11.2 Å². The molecular formula is C21H25N5O2. The fourth-order valence-corrected chi connectivity index (χ4v) is 3.69. The smallest absolute Gasteiger partial charge is 0.228 e. The predicted molar refractivity (Wildman–Crippen MR) is 107 cm³/mol. The molecule has 0 spiro atoms. The molecule has 0 N–H and O–H groups in total. The molecule has 0 aromatic carbocycles. The summed E-state index contributed by atoms with van der Waals surface area (Å²) in [5.74, 6) is 1.39. The van der Waals surface area contributed by atoms with Crippen LogP contribution in [0, 0.1) is 6.92 Å². The van der Waals surface area contributed by atoms with Crippen molar-refractivity contribution < 1.29 is 9.21 Å². The van der Waals surface area contributed by atoms with Gasteiger partial charge in [0, 0.05) is 43.8 Å². The molecule has 0 atom stereocenters. The SMILES string of the molecule is Cc1ncc(-c2cc3cc(CC(=O)N4CCC(N(C)C)CC4)ncc3cn2)o1. The van der Waals surface area contributed by atoms with E-state index in [-0.39, 0.29) is 5.91 Å². The van der Waals surface area contributed by atoms with E-state index in [1.807, 2.05) is 17.0 Å². The number of aryl methyl sites for hydroxylation is 1. The molecule has 7 heteroatoms. The molecule has 3 aromatic heterocycles. The van der Waals surface area contributed by atoms with Crippen molar-refractivity contribution in [1.29, 1.82) is 0 Å². The van der Waals surface area contributed by atoms with Crippen LogP contribution in [0.1, 0.15) is 24.4 Å². The summed E-state index contributed by atoms with van der Waals surface area (Å²) in [6.45, 7) is 3.43. The zero-order chi connectivity index (χ0) is 19.7. The Morgan fingerprint density at radius 2 is 1.86 bits per heavy atom. The summed E-state index contributed by atoms with van der Waals surface area (Å²) in [6.07, 6.45) is 7.59. The third-order valence-corrected chi connectivity index (χ3v) is 5.41. The van der Waals surface area contributed by atoms with Crippen molar-refractivity contribution in [1.82, 2.24) is 24.8 Å². The van der Waals surface area contributed by atoms with Crippen LogP contribution in [-0.4, -0.2) is 63.9 Å². The second-order valence-electron chi connectivity index (χ2n) is 7.59. The van der Waals surface area contributed by atoms with Crippen LogP contribution in [0.25, 0.3) is 22.2 Å².